The van der Waals surface area contributed by atoms with Gasteiger partial charge in [-0.1, -0.05) is 30.3 Å². The van der Waals surface area contributed by atoms with Gasteiger partial charge < -0.3 is 14.9 Å². The molecular formula is C13H14O6. The van der Waals surface area contributed by atoms with Gasteiger partial charge in [-0.25, -0.2) is 4.79 Å². The highest BCUT2D eigenvalue weighted by molar-refractivity contribution is 5.79. The molecule has 0 aliphatic rings. The number of hydrogen-bond donors (Lipinski definition) is 2. The fraction of sp³-hybridized carbons (Fsp3) is 0.308. The summed E-state index contributed by atoms with van der Waals surface area (Å²) in [5, 5.41) is 17.4. The van der Waals surface area contributed by atoms with Crippen LogP contribution < -0.4 is 0 Å². The van der Waals surface area contributed by atoms with Gasteiger partial charge in [-0.15, -0.1) is 0 Å². The van der Waals surface area contributed by atoms with E-state index in [1.165, 1.54) is 0 Å². The van der Waals surface area contributed by atoms with Crippen LogP contribution in [0.15, 0.2) is 30.3 Å². The maximum Gasteiger partial charge on any atom is 0.349 e. The minimum atomic E-state index is -1.36. The summed E-state index contributed by atoms with van der Waals surface area (Å²) in [7, 11) is 0. The SMILES string of the molecule is O=C(O)CCCC(=O)OC(C(=O)O)c1ccccc1. The quantitative estimate of drug-likeness (QED) is 0.727. The molecule has 0 amide bonds. The first kappa shape index (κ1) is 14.7. The molecule has 0 saturated heterocycles. The van der Waals surface area contributed by atoms with Crippen molar-refractivity contribution in [1.82, 2.24) is 0 Å². The molecule has 19 heavy (non-hydrogen) atoms. The van der Waals surface area contributed by atoms with Gasteiger partial charge in [-0.05, 0) is 6.42 Å². The summed E-state index contributed by atoms with van der Waals surface area (Å²) in [6, 6.07) is 8.09. The summed E-state index contributed by atoms with van der Waals surface area (Å²) in [6.45, 7) is 0. The standard InChI is InChI=1S/C13H14O6/c14-10(15)7-4-8-11(16)19-12(13(17)18)9-5-2-1-3-6-9/h1-3,5-6,12H,4,7-8H2,(H,14,15)(H,17,18). The fourth-order valence-electron chi connectivity index (χ4n) is 1.46. The van der Waals surface area contributed by atoms with Gasteiger partial charge in [0.15, 0.2) is 0 Å². The van der Waals surface area contributed by atoms with E-state index in [0.29, 0.717) is 5.56 Å². The summed E-state index contributed by atoms with van der Waals surface area (Å²) < 4.78 is 4.85. The number of ether oxygens (including phenoxy) is 1. The predicted molar refractivity (Wildman–Crippen MR) is 64.4 cm³/mol. The summed E-state index contributed by atoms with van der Waals surface area (Å²) in [6.07, 6.45) is -1.52. The van der Waals surface area contributed by atoms with E-state index in [9.17, 15) is 14.4 Å². The maximum atomic E-state index is 11.4. The van der Waals surface area contributed by atoms with Crippen LogP contribution in [0.2, 0.25) is 0 Å². The van der Waals surface area contributed by atoms with Gasteiger partial charge in [0.2, 0.25) is 6.10 Å². The van der Waals surface area contributed by atoms with E-state index in [1.54, 1.807) is 30.3 Å². The van der Waals surface area contributed by atoms with Crippen LogP contribution in [0.1, 0.15) is 30.9 Å². The maximum absolute atomic E-state index is 11.4. The van der Waals surface area contributed by atoms with Crippen molar-refractivity contribution in [2.75, 3.05) is 0 Å². The zero-order chi connectivity index (χ0) is 14.3. The zero-order valence-corrected chi connectivity index (χ0v) is 10.1. The van der Waals surface area contributed by atoms with Gasteiger partial charge >= 0.3 is 17.9 Å². The Kier molecular flexibility index (Phi) is 5.53. The fourth-order valence-corrected chi connectivity index (χ4v) is 1.46. The number of carboxylic acids is 2. The van der Waals surface area contributed by atoms with Crippen LogP contribution in [-0.2, 0) is 19.1 Å². The molecule has 1 atom stereocenters. The second-order valence-electron chi connectivity index (χ2n) is 3.87. The van der Waals surface area contributed by atoms with Gasteiger partial charge in [0.05, 0.1) is 0 Å². The Morgan fingerprint density at radius 3 is 2.21 bits per heavy atom. The molecule has 0 spiro atoms. The monoisotopic (exact) mass is 266 g/mol. The van der Waals surface area contributed by atoms with E-state index in [0.717, 1.165) is 0 Å². The number of benzene rings is 1. The van der Waals surface area contributed by atoms with Gasteiger partial charge in [0.1, 0.15) is 0 Å². The van der Waals surface area contributed by atoms with Crippen molar-refractivity contribution in [1.29, 1.82) is 0 Å². The molecule has 0 radical (unpaired) electrons. The Morgan fingerprint density at radius 1 is 1.05 bits per heavy atom. The molecular weight excluding hydrogens is 252 g/mol. The Bertz CT molecular complexity index is 453. The van der Waals surface area contributed by atoms with Crippen LogP contribution in [0.25, 0.3) is 0 Å². The van der Waals surface area contributed by atoms with E-state index in [-0.39, 0.29) is 19.3 Å². The third kappa shape index (κ3) is 5.20. The summed E-state index contributed by atoms with van der Waals surface area (Å²) in [4.78, 5) is 32.8. The molecule has 0 saturated carbocycles. The van der Waals surface area contributed by atoms with Crippen molar-refractivity contribution in [2.24, 2.45) is 0 Å². The molecule has 1 unspecified atom stereocenters. The summed E-state index contributed by atoms with van der Waals surface area (Å²) in [5.74, 6) is -3.00. The van der Waals surface area contributed by atoms with Crippen molar-refractivity contribution in [3.05, 3.63) is 35.9 Å². The summed E-state index contributed by atoms with van der Waals surface area (Å²) >= 11 is 0. The lowest BCUT2D eigenvalue weighted by Gasteiger charge is -2.13. The van der Waals surface area contributed by atoms with E-state index >= 15 is 0 Å². The minimum Gasteiger partial charge on any atom is -0.481 e. The molecule has 1 aromatic rings. The Labute approximate surface area is 109 Å². The van der Waals surface area contributed by atoms with Crippen LogP contribution >= 0.6 is 0 Å². The first-order valence-electron chi connectivity index (χ1n) is 5.69. The molecule has 0 fully saturated rings. The number of carbonyl (C=O) groups is 3. The third-order valence-electron chi connectivity index (χ3n) is 2.35. The number of hydrogen-bond acceptors (Lipinski definition) is 4. The molecule has 0 aromatic heterocycles. The van der Waals surface area contributed by atoms with Crippen LogP contribution in [-0.4, -0.2) is 28.1 Å². The lowest BCUT2D eigenvalue weighted by Crippen LogP contribution is -2.19. The molecule has 102 valence electrons. The predicted octanol–water partition coefficient (Wildman–Crippen LogP) is 1.61. The average Bonchev–Trinajstić information content (AvgIpc) is 2.36. The van der Waals surface area contributed by atoms with E-state index in [1.807, 2.05) is 0 Å². The molecule has 0 bridgehead atoms. The number of carbonyl (C=O) groups excluding carboxylic acids is 1. The zero-order valence-electron chi connectivity index (χ0n) is 10.1. The van der Waals surface area contributed by atoms with Crippen LogP contribution in [0.3, 0.4) is 0 Å². The van der Waals surface area contributed by atoms with E-state index in [4.69, 9.17) is 14.9 Å². The first-order valence-corrected chi connectivity index (χ1v) is 5.69. The Balaban J connectivity index is 2.57. The van der Waals surface area contributed by atoms with Crippen LogP contribution in [0.5, 0.6) is 0 Å². The average molecular weight is 266 g/mol. The molecule has 2 N–H and O–H groups in total. The molecule has 0 heterocycles. The Morgan fingerprint density at radius 2 is 1.68 bits per heavy atom. The van der Waals surface area contributed by atoms with Gasteiger partial charge in [-0.3, -0.25) is 9.59 Å². The normalized spacial score (nSPS) is 11.6. The smallest absolute Gasteiger partial charge is 0.349 e. The van der Waals surface area contributed by atoms with Gasteiger partial charge in [0, 0.05) is 18.4 Å². The van der Waals surface area contributed by atoms with Crippen LogP contribution in [0.4, 0.5) is 0 Å². The lowest BCUT2D eigenvalue weighted by molar-refractivity contribution is -0.164. The van der Waals surface area contributed by atoms with Gasteiger partial charge in [0.25, 0.3) is 0 Å². The number of aliphatic carboxylic acids is 2. The van der Waals surface area contributed by atoms with E-state index < -0.39 is 24.0 Å². The largest absolute Gasteiger partial charge is 0.481 e. The van der Waals surface area contributed by atoms with Crippen molar-refractivity contribution < 1.29 is 29.3 Å². The van der Waals surface area contributed by atoms with Crippen molar-refractivity contribution in [3.63, 3.8) is 0 Å². The molecule has 1 rings (SSSR count). The summed E-state index contributed by atoms with van der Waals surface area (Å²) in [5.41, 5.74) is 0.363. The molecule has 0 aliphatic carbocycles. The Hall–Kier alpha value is -2.37. The second-order valence-corrected chi connectivity index (χ2v) is 3.87. The molecule has 6 nitrogen and oxygen atoms in total. The lowest BCUT2D eigenvalue weighted by atomic mass is 10.1. The highest BCUT2D eigenvalue weighted by atomic mass is 16.6. The number of carboxylic acid groups (broad SMARTS) is 2. The first-order chi connectivity index (χ1) is 9.00. The highest BCUT2D eigenvalue weighted by Gasteiger charge is 2.23. The number of rotatable bonds is 7. The number of esters is 1. The van der Waals surface area contributed by atoms with Crippen molar-refractivity contribution in [3.8, 4) is 0 Å². The van der Waals surface area contributed by atoms with Crippen LogP contribution in [0, 0.1) is 0 Å². The third-order valence-corrected chi connectivity index (χ3v) is 2.35. The van der Waals surface area contributed by atoms with Gasteiger partial charge in [-0.2, -0.15) is 0 Å². The topological polar surface area (TPSA) is 101 Å². The highest BCUT2D eigenvalue weighted by Crippen LogP contribution is 2.18. The second kappa shape index (κ2) is 7.15. The molecule has 6 heteroatoms. The minimum absolute atomic E-state index is 0.120. The van der Waals surface area contributed by atoms with Crippen molar-refractivity contribution in [2.45, 2.75) is 25.4 Å². The van der Waals surface area contributed by atoms with E-state index in [2.05, 4.69) is 0 Å². The molecule has 1 aromatic carbocycles. The molecule has 0 aliphatic heterocycles. The van der Waals surface area contributed by atoms with Crippen molar-refractivity contribution >= 4 is 17.9 Å².